The molecule has 3 nitrogen and oxygen atoms in total. The van der Waals surface area contributed by atoms with Crippen LogP contribution in [0.4, 0.5) is 8.78 Å². The molecule has 2 atom stereocenters. The normalized spacial score (nSPS) is 26.0. The fraction of sp³-hybridized carbons (Fsp3) is 0.350. The van der Waals surface area contributed by atoms with Gasteiger partial charge in [0.05, 0.1) is 0 Å². The first-order valence-electron chi connectivity index (χ1n) is 8.58. The number of nitrogens with one attached hydrogen (secondary N) is 1. The molecule has 2 aliphatic heterocycles. The maximum absolute atomic E-state index is 14.1. The molecule has 0 bridgehead atoms. The number of benzene rings is 2. The molecule has 2 fully saturated rings. The summed E-state index contributed by atoms with van der Waals surface area (Å²) in [5.74, 6) is -1.52. The minimum Gasteiger partial charge on any atom is -0.344 e. The van der Waals surface area contributed by atoms with Gasteiger partial charge in [0.25, 0.3) is 0 Å². The number of likely N-dealkylation sites (N-methyl/N-ethyl adjacent to an activating group) is 1. The first kappa shape index (κ1) is 16.2. The lowest BCUT2D eigenvalue weighted by Gasteiger charge is -2.23. The number of nitrogens with zero attached hydrogens (tertiary/aromatic N) is 1. The summed E-state index contributed by atoms with van der Waals surface area (Å²) < 4.78 is 27.6. The Morgan fingerprint density at radius 2 is 1.96 bits per heavy atom. The van der Waals surface area contributed by atoms with Crippen LogP contribution in [-0.4, -0.2) is 29.9 Å². The van der Waals surface area contributed by atoms with Gasteiger partial charge in [-0.2, -0.15) is 0 Å². The SMILES string of the molecule is CN1CC[C@]2(CC[C@@H](c3cccc(-c4cccc(F)c4F)c3)N2)C1=O. The zero-order chi connectivity index (χ0) is 17.6. The van der Waals surface area contributed by atoms with E-state index in [0.717, 1.165) is 37.4 Å². The third-order valence-corrected chi connectivity index (χ3v) is 5.49. The lowest BCUT2D eigenvalue weighted by atomic mass is 9.95. The van der Waals surface area contributed by atoms with E-state index in [9.17, 15) is 13.6 Å². The Labute approximate surface area is 145 Å². The Bertz CT molecular complexity index is 838. The van der Waals surface area contributed by atoms with Crippen molar-refractivity contribution < 1.29 is 13.6 Å². The number of amides is 1. The predicted molar refractivity (Wildman–Crippen MR) is 91.9 cm³/mol. The Morgan fingerprint density at radius 3 is 2.72 bits per heavy atom. The average molecular weight is 342 g/mol. The summed E-state index contributed by atoms with van der Waals surface area (Å²) >= 11 is 0. The standard InChI is InChI=1S/C20H20F2N2O/c1-24-11-10-20(19(24)25)9-8-17(23-20)14-5-2-4-13(12-14)15-6-3-7-16(21)18(15)22/h2-7,12,17,23H,8-11H2,1H3/t17-,20+/m0/s1. The second-order valence-corrected chi connectivity index (χ2v) is 7.02. The molecule has 2 aliphatic rings. The van der Waals surface area contributed by atoms with Crippen LogP contribution in [0.25, 0.3) is 11.1 Å². The van der Waals surface area contributed by atoms with Crippen molar-refractivity contribution in [2.45, 2.75) is 30.8 Å². The molecule has 25 heavy (non-hydrogen) atoms. The van der Waals surface area contributed by atoms with E-state index in [-0.39, 0.29) is 17.5 Å². The monoisotopic (exact) mass is 342 g/mol. The summed E-state index contributed by atoms with van der Waals surface area (Å²) in [6, 6.07) is 11.7. The second kappa shape index (κ2) is 5.92. The van der Waals surface area contributed by atoms with E-state index >= 15 is 0 Å². The van der Waals surface area contributed by atoms with Gasteiger partial charge in [-0.15, -0.1) is 0 Å². The highest BCUT2D eigenvalue weighted by molar-refractivity contribution is 5.88. The van der Waals surface area contributed by atoms with E-state index in [4.69, 9.17) is 0 Å². The van der Waals surface area contributed by atoms with Gasteiger partial charge in [0, 0.05) is 25.2 Å². The number of hydrogen-bond donors (Lipinski definition) is 1. The van der Waals surface area contributed by atoms with Crippen LogP contribution in [-0.2, 0) is 4.79 Å². The lowest BCUT2D eigenvalue weighted by molar-refractivity contribution is -0.131. The fourth-order valence-electron chi connectivity index (χ4n) is 4.07. The molecule has 2 aromatic rings. The highest BCUT2D eigenvalue weighted by atomic mass is 19.2. The molecule has 0 unspecified atom stereocenters. The zero-order valence-corrected chi connectivity index (χ0v) is 14.1. The number of halogens is 2. The van der Waals surface area contributed by atoms with Crippen molar-refractivity contribution in [3.05, 3.63) is 59.7 Å². The van der Waals surface area contributed by atoms with Crippen molar-refractivity contribution >= 4 is 5.91 Å². The molecular formula is C20H20F2N2O. The molecule has 130 valence electrons. The molecule has 0 saturated carbocycles. The summed E-state index contributed by atoms with van der Waals surface area (Å²) in [5.41, 5.74) is 1.44. The maximum atomic E-state index is 14.1. The number of hydrogen-bond acceptors (Lipinski definition) is 2. The molecule has 1 spiro atoms. The average Bonchev–Trinajstić information content (AvgIpc) is 3.18. The van der Waals surface area contributed by atoms with Crippen LogP contribution >= 0.6 is 0 Å². The van der Waals surface area contributed by atoms with E-state index in [1.165, 1.54) is 6.07 Å². The van der Waals surface area contributed by atoms with Gasteiger partial charge < -0.3 is 4.90 Å². The van der Waals surface area contributed by atoms with Crippen LogP contribution < -0.4 is 5.32 Å². The van der Waals surface area contributed by atoms with Gasteiger partial charge in [0.15, 0.2) is 11.6 Å². The van der Waals surface area contributed by atoms with Crippen molar-refractivity contribution in [1.29, 1.82) is 0 Å². The van der Waals surface area contributed by atoms with Crippen LogP contribution in [0.3, 0.4) is 0 Å². The quantitative estimate of drug-likeness (QED) is 0.903. The van der Waals surface area contributed by atoms with Gasteiger partial charge in [-0.3, -0.25) is 10.1 Å². The zero-order valence-electron chi connectivity index (χ0n) is 14.1. The summed E-state index contributed by atoms with van der Waals surface area (Å²) in [4.78, 5) is 14.2. The van der Waals surface area contributed by atoms with Crippen molar-refractivity contribution in [2.75, 3.05) is 13.6 Å². The predicted octanol–water partition coefficient (Wildman–Crippen LogP) is 3.66. The van der Waals surface area contributed by atoms with E-state index in [1.807, 2.05) is 25.2 Å². The van der Waals surface area contributed by atoms with Gasteiger partial charge in [-0.1, -0.05) is 30.3 Å². The topological polar surface area (TPSA) is 32.3 Å². The van der Waals surface area contributed by atoms with E-state index < -0.39 is 17.2 Å². The number of rotatable bonds is 2. The minimum atomic E-state index is -0.847. The van der Waals surface area contributed by atoms with Crippen molar-refractivity contribution in [3.63, 3.8) is 0 Å². The van der Waals surface area contributed by atoms with E-state index in [0.29, 0.717) is 5.56 Å². The first-order chi connectivity index (χ1) is 12.0. The molecule has 2 aromatic carbocycles. The van der Waals surface area contributed by atoms with Gasteiger partial charge >= 0.3 is 0 Å². The highest BCUT2D eigenvalue weighted by Crippen LogP contribution is 2.39. The fourth-order valence-corrected chi connectivity index (χ4v) is 4.07. The van der Waals surface area contributed by atoms with Gasteiger partial charge in [-0.25, -0.2) is 8.78 Å². The van der Waals surface area contributed by atoms with Crippen molar-refractivity contribution in [1.82, 2.24) is 10.2 Å². The smallest absolute Gasteiger partial charge is 0.242 e. The Morgan fingerprint density at radius 1 is 1.16 bits per heavy atom. The van der Waals surface area contributed by atoms with Gasteiger partial charge in [0.1, 0.15) is 5.54 Å². The maximum Gasteiger partial charge on any atom is 0.242 e. The minimum absolute atomic E-state index is 0.0482. The second-order valence-electron chi connectivity index (χ2n) is 7.02. The van der Waals surface area contributed by atoms with Crippen LogP contribution in [0.5, 0.6) is 0 Å². The summed E-state index contributed by atoms with van der Waals surface area (Å²) in [6.45, 7) is 0.771. The van der Waals surface area contributed by atoms with E-state index in [1.54, 1.807) is 17.0 Å². The molecule has 1 N–H and O–H groups in total. The molecule has 5 heteroatoms. The third-order valence-electron chi connectivity index (χ3n) is 5.49. The largest absolute Gasteiger partial charge is 0.344 e. The van der Waals surface area contributed by atoms with Crippen molar-refractivity contribution in [2.24, 2.45) is 0 Å². The molecule has 1 amide bonds. The Kier molecular flexibility index (Phi) is 3.84. The number of carbonyl (C=O) groups is 1. The summed E-state index contributed by atoms with van der Waals surface area (Å²) in [6.07, 6.45) is 2.48. The van der Waals surface area contributed by atoms with Crippen molar-refractivity contribution in [3.8, 4) is 11.1 Å². The molecule has 2 heterocycles. The highest BCUT2D eigenvalue weighted by Gasteiger charge is 2.49. The number of carbonyl (C=O) groups excluding carboxylic acids is 1. The molecule has 2 saturated heterocycles. The van der Waals surface area contributed by atoms with Crippen LogP contribution in [0.1, 0.15) is 30.9 Å². The molecule has 0 aliphatic carbocycles. The van der Waals surface area contributed by atoms with E-state index in [2.05, 4.69) is 5.32 Å². The third kappa shape index (κ3) is 2.63. The van der Waals surface area contributed by atoms with Gasteiger partial charge in [0.2, 0.25) is 5.91 Å². The Hall–Kier alpha value is -2.27. The first-order valence-corrected chi connectivity index (χ1v) is 8.58. The molecule has 4 rings (SSSR count). The summed E-state index contributed by atoms with van der Waals surface area (Å²) in [5, 5.41) is 3.51. The van der Waals surface area contributed by atoms with Gasteiger partial charge in [-0.05, 0) is 42.5 Å². The van der Waals surface area contributed by atoms with Crippen LogP contribution in [0, 0.1) is 11.6 Å². The molecule has 0 radical (unpaired) electrons. The lowest BCUT2D eigenvalue weighted by Crippen LogP contribution is -2.47. The number of likely N-dealkylation sites (tertiary alicyclic amines) is 1. The Balaban J connectivity index is 1.63. The van der Waals surface area contributed by atoms with Crippen LogP contribution in [0.15, 0.2) is 42.5 Å². The van der Waals surface area contributed by atoms with Crippen LogP contribution in [0.2, 0.25) is 0 Å². The molecular weight excluding hydrogens is 322 g/mol. The summed E-state index contributed by atoms with van der Waals surface area (Å²) in [7, 11) is 1.83. The molecule has 0 aromatic heterocycles.